The molecule has 0 bridgehead atoms. The first-order valence-electron chi connectivity index (χ1n) is 6.87. The quantitative estimate of drug-likeness (QED) is 0.782. The zero-order chi connectivity index (χ0) is 13.8. The van der Waals surface area contributed by atoms with Crippen LogP contribution in [-0.2, 0) is 0 Å². The van der Waals surface area contributed by atoms with Crippen molar-refractivity contribution in [1.29, 1.82) is 0 Å². The largest absolute Gasteiger partial charge is 0.349 e. The van der Waals surface area contributed by atoms with Gasteiger partial charge in [-0.25, -0.2) is 0 Å². The Balaban J connectivity index is 2.09. The Hall–Kier alpha value is -0.350. The molecular weight excluding hydrogens is 370 g/mol. The first-order valence-corrected chi connectivity index (χ1v) is 8.46. The molecule has 1 saturated carbocycles. The van der Waals surface area contributed by atoms with Gasteiger partial charge in [-0.15, -0.1) is 0 Å². The summed E-state index contributed by atoms with van der Waals surface area (Å²) < 4.78 is 1.77. The molecule has 1 aromatic carbocycles. The van der Waals surface area contributed by atoms with Crippen molar-refractivity contribution in [3.63, 3.8) is 0 Å². The summed E-state index contributed by atoms with van der Waals surface area (Å²) in [5, 5.41) is 3.21. The second kappa shape index (κ2) is 6.89. The van der Waals surface area contributed by atoms with Crippen LogP contribution in [0.2, 0.25) is 0 Å². The number of carbonyl (C=O) groups is 1. The molecule has 1 aliphatic rings. The van der Waals surface area contributed by atoms with E-state index in [0.29, 0.717) is 17.5 Å². The zero-order valence-electron chi connectivity index (χ0n) is 11.1. The second-order valence-electron chi connectivity index (χ2n) is 5.16. The van der Waals surface area contributed by atoms with Gasteiger partial charge < -0.3 is 5.32 Å². The molecule has 0 aromatic heterocycles. The van der Waals surface area contributed by atoms with Gasteiger partial charge in [0.25, 0.3) is 5.91 Å². The summed E-state index contributed by atoms with van der Waals surface area (Å²) in [6.07, 6.45) is 6.01. The molecule has 4 heteroatoms. The van der Waals surface area contributed by atoms with Crippen molar-refractivity contribution in [3.05, 3.63) is 32.7 Å². The van der Waals surface area contributed by atoms with Gasteiger partial charge in [-0.1, -0.05) is 42.1 Å². The lowest BCUT2D eigenvalue weighted by atomic mass is 9.83. The Morgan fingerprint density at radius 2 is 2.05 bits per heavy atom. The van der Waals surface area contributed by atoms with E-state index in [0.717, 1.165) is 21.8 Å². The van der Waals surface area contributed by atoms with Crippen molar-refractivity contribution >= 4 is 37.8 Å². The number of nitrogens with one attached hydrogen (secondary N) is 1. The molecule has 2 unspecified atom stereocenters. The average molecular weight is 389 g/mol. The summed E-state index contributed by atoms with van der Waals surface area (Å²) in [6, 6.07) is 6.02. The highest BCUT2D eigenvalue weighted by Crippen LogP contribution is 2.28. The Kier molecular flexibility index (Phi) is 5.46. The maximum Gasteiger partial charge on any atom is 0.252 e. The molecule has 1 aliphatic carbocycles. The normalized spacial score (nSPS) is 23.1. The number of rotatable bonds is 3. The lowest BCUT2D eigenvalue weighted by molar-refractivity contribution is 0.0904. The molecule has 1 N–H and O–H groups in total. The Morgan fingerprint density at radius 1 is 1.32 bits per heavy atom. The van der Waals surface area contributed by atoms with Gasteiger partial charge in [0.2, 0.25) is 0 Å². The van der Waals surface area contributed by atoms with E-state index in [2.05, 4.69) is 44.1 Å². The van der Waals surface area contributed by atoms with Crippen molar-refractivity contribution in [2.24, 2.45) is 5.92 Å². The van der Waals surface area contributed by atoms with Crippen molar-refractivity contribution in [1.82, 2.24) is 5.32 Å². The highest BCUT2D eigenvalue weighted by Gasteiger charge is 2.25. The maximum absolute atomic E-state index is 12.4. The van der Waals surface area contributed by atoms with Gasteiger partial charge in [-0.3, -0.25) is 4.79 Å². The van der Waals surface area contributed by atoms with Crippen LogP contribution in [0.25, 0.3) is 0 Å². The van der Waals surface area contributed by atoms with Crippen LogP contribution in [0, 0.1) is 5.92 Å². The average Bonchev–Trinajstić information content (AvgIpc) is 2.42. The van der Waals surface area contributed by atoms with E-state index in [1.807, 2.05) is 18.2 Å². The predicted octanol–water partition coefficient (Wildman–Crippen LogP) is 4.91. The number of hydrogen-bond acceptors (Lipinski definition) is 1. The predicted molar refractivity (Wildman–Crippen MR) is 85.3 cm³/mol. The van der Waals surface area contributed by atoms with E-state index >= 15 is 0 Å². The minimum absolute atomic E-state index is 0.0264. The molecule has 1 amide bonds. The number of amides is 1. The monoisotopic (exact) mass is 387 g/mol. The fourth-order valence-electron chi connectivity index (χ4n) is 2.80. The van der Waals surface area contributed by atoms with Gasteiger partial charge in [-0.2, -0.15) is 0 Å². The van der Waals surface area contributed by atoms with Gasteiger partial charge in [0, 0.05) is 15.0 Å². The molecule has 0 aliphatic heterocycles. The SMILES string of the molecule is CCC1CCCCC1NC(=O)c1cc(Br)ccc1Br. The summed E-state index contributed by atoms with van der Waals surface area (Å²) in [5.41, 5.74) is 0.704. The van der Waals surface area contributed by atoms with E-state index in [9.17, 15) is 4.79 Å². The van der Waals surface area contributed by atoms with Crippen LogP contribution in [0.15, 0.2) is 27.1 Å². The molecule has 104 valence electrons. The lowest BCUT2D eigenvalue weighted by Crippen LogP contribution is -2.42. The molecule has 0 spiro atoms. The molecule has 2 nitrogen and oxygen atoms in total. The Bertz CT molecular complexity index is 461. The van der Waals surface area contributed by atoms with Crippen LogP contribution >= 0.6 is 31.9 Å². The summed E-state index contributed by atoms with van der Waals surface area (Å²) in [7, 11) is 0. The second-order valence-corrected chi connectivity index (χ2v) is 6.93. The Labute approximate surface area is 131 Å². The Morgan fingerprint density at radius 3 is 2.79 bits per heavy atom. The van der Waals surface area contributed by atoms with E-state index in [1.54, 1.807) is 0 Å². The van der Waals surface area contributed by atoms with Gasteiger partial charge in [0.1, 0.15) is 0 Å². The van der Waals surface area contributed by atoms with E-state index < -0.39 is 0 Å². The number of hydrogen-bond donors (Lipinski definition) is 1. The van der Waals surface area contributed by atoms with Crippen LogP contribution in [0.5, 0.6) is 0 Å². The zero-order valence-corrected chi connectivity index (χ0v) is 14.3. The van der Waals surface area contributed by atoms with Gasteiger partial charge in [0.15, 0.2) is 0 Å². The summed E-state index contributed by atoms with van der Waals surface area (Å²) in [5.74, 6) is 0.655. The maximum atomic E-state index is 12.4. The number of carbonyl (C=O) groups excluding carboxylic acids is 1. The fourth-order valence-corrected chi connectivity index (χ4v) is 3.59. The van der Waals surface area contributed by atoms with Gasteiger partial charge in [-0.05, 0) is 52.9 Å². The first-order chi connectivity index (χ1) is 9.11. The molecule has 1 fully saturated rings. The van der Waals surface area contributed by atoms with Gasteiger partial charge in [0.05, 0.1) is 5.56 Å². The van der Waals surface area contributed by atoms with E-state index in [1.165, 1.54) is 19.3 Å². The first kappa shape index (κ1) is 15.0. The van der Waals surface area contributed by atoms with Crippen LogP contribution < -0.4 is 5.32 Å². The van der Waals surface area contributed by atoms with Crippen molar-refractivity contribution in [2.45, 2.75) is 45.1 Å². The molecule has 1 aromatic rings. The van der Waals surface area contributed by atoms with Crippen LogP contribution in [-0.4, -0.2) is 11.9 Å². The highest BCUT2D eigenvalue weighted by atomic mass is 79.9. The minimum atomic E-state index is 0.0264. The molecule has 2 rings (SSSR count). The van der Waals surface area contributed by atoms with Crippen molar-refractivity contribution < 1.29 is 4.79 Å². The van der Waals surface area contributed by atoms with Gasteiger partial charge >= 0.3 is 0 Å². The molecular formula is C15H19Br2NO. The summed E-state index contributed by atoms with van der Waals surface area (Å²) in [6.45, 7) is 2.21. The smallest absolute Gasteiger partial charge is 0.252 e. The lowest BCUT2D eigenvalue weighted by Gasteiger charge is -2.31. The summed E-state index contributed by atoms with van der Waals surface area (Å²) in [4.78, 5) is 12.4. The molecule has 0 heterocycles. The third-order valence-electron chi connectivity index (χ3n) is 3.92. The summed E-state index contributed by atoms with van der Waals surface area (Å²) >= 11 is 6.86. The molecule has 0 radical (unpaired) electrons. The fraction of sp³-hybridized carbons (Fsp3) is 0.533. The molecule has 2 atom stereocenters. The number of halogens is 2. The highest BCUT2D eigenvalue weighted by molar-refractivity contribution is 9.11. The topological polar surface area (TPSA) is 29.1 Å². The van der Waals surface area contributed by atoms with E-state index in [-0.39, 0.29) is 5.91 Å². The molecule has 19 heavy (non-hydrogen) atoms. The van der Waals surface area contributed by atoms with Crippen molar-refractivity contribution in [2.75, 3.05) is 0 Å². The van der Waals surface area contributed by atoms with E-state index in [4.69, 9.17) is 0 Å². The third kappa shape index (κ3) is 3.82. The van der Waals surface area contributed by atoms with Crippen LogP contribution in [0.1, 0.15) is 49.4 Å². The van der Waals surface area contributed by atoms with Crippen LogP contribution in [0.4, 0.5) is 0 Å². The third-order valence-corrected chi connectivity index (χ3v) is 5.11. The van der Waals surface area contributed by atoms with Crippen molar-refractivity contribution in [3.8, 4) is 0 Å². The number of benzene rings is 1. The standard InChI is InChI=1S/C15H19Br2NO/c1-2-10-5-3-4-6-14(10)18-15(19)12-9-11(16)7-8-13(12)17/h7-10,14H,2-6H2,1H3,(H,18,19). The van der Waals surface area contributed by atoms with Crippen LogP contribution in [0.3, 0.4) is 0 Å². The minimum Gasteiger partial charge on any atom is -0.349 e. The molecule has 0 saturated heterocycles.